The Morgan fingerprint density at radius 2 is 2.24 bits per heavy atom. The number of halogens is 1. The third-order valence-electron chi connectivity index (χ3n) is 3.72. The van der Waals surface area contributed by atoms with Crippen LogP contribution < -0.4 is 5.32 Å². The quantitative estimate of drug-likeness (QED) is 0.896. The van der Waals surface area contributed by atoms with Gasteiger partial charge in [-0.3, -0.25) is 0 Å². The number of carbonyl (C=O) groups excluding carboxylic acids is 1. The molecule has 1 saturated heterocycles. The van der Waals surface area contributed by atoms with Crippen LogP contribution in [0.25, 0.3) is 0 Å². The predicted octanol–water partition coefficient (Wildman–Crippen LogP) is 3.18. The van der Waals surface area contributed by atoms with E-state index in [4.69, 9.17) is 5.11 Å². The summed E-state index contributed by atoms with van der Waals surface area (Å²) in [6, 6.07) is 2.98. The number of nitrogens with one attached hydrogen (secondary N) is 1. The number of benzene rings is 1. The van der Waals surface area contributed by atoms with E-state index in [-0.39, 0.29) is 17.3 Å². The van der Waals surface area contributed by atoms with Gasteiger partial charge in [-0.1, -0.05) is 13.3 Å². The maximum atomic E-state index is 13.1. The van der Waals surface area contributed by atoms with Crippen LogP contribution in [0.4, 0.5) is 14.9 Å². The molecular formula is C15H19FN2O3. The highest BCUT2D eigenvalue weighted by molar-refractivity contribution is 6.00. The van der Waals surface area contributed by atoms with Gasteiger partial charge in [0, 0.05) is 13.1 Å². The van der Waals surface area contributed by atoms with Gasteiger partial charge in [0.15, 0.2) is 0 Å². The number of aromatic carboxylic acids is 1. The highest BCUT2D eigenvalue weighted by atomic mass is 19.1. The number of hydrogen-bond donors (Lipinski definition) is 2. The molecule has 1 aliphatic rings. The molecule has 2 rings (SSSR count). The van der Waals surface area contributed by atoms with Gasteiger partial charge in [-0.25, -0.2) is 14.0 Å². The Morgan fingerprint density at radius 3 is 2.90 bits per heavy atom. The van der Waals surface area contributed by atoms with E-state index < -0.39 is 11.8 Å². The molecule has 5 nitrogen and oxygen atoms in total. The van der Waals surface area contributed by atoms with Gasteiger partial charge in [-0.2, -0.15) is 0 Å². The average molecular weight is 294 g/mol. The topological polar surface area (TPSA) is 69.6 Å². The number of nitrogens with zero attached hydrogens (tertiary/aromatic N) is 1. The molecule has 0 aromatic heterocycles. The van der Waals surface area contributed by atoms with Crippen molar-refractivity contribution in [3.05, 3.63) is 29.6 Å². The normalized spacial score (nSPS) is 17.8. The van der Waals surface area contributed by atoms with Crippen molar-refractivity contribution in [3.63, 3.8) is 0 Å². The molecule has 114 valence electrons. The maximum Gasteiger partial charge on any atom is 0.337 e. The van der Waals surface area contributed by atoms with Gasteiger partial charge in [-0.05, 0) is 37.0 Å². The molecular weight excluding hydrogens is 275 g/mol. The Balaban J connectivity index is 2.05. The number of carboxylic acids is 1. The number of likely N-dealkylation sites (tertiary alicyclic amines) is 1. The molecule has 1 atom stereocenters. The fourth-order valence-corrected chi connectivity index (χ4v) is 2.66. The van der Waals surface area contributed by atoms with E-state index in [2.05, 4.69) is 12.2 Å². The van der Waals surface area contributed by atoms with Crippen molar-refractivity contribution >= 4 is 17.7 Å². The minimum absolute atomic E-state index is 0.118. The maximum absolute atomic E-state index is 13.1. The Hall–Kier alpha value is -2.11. The second-order valence-electron chi connectivity index (χ2n) is 5.31. The van der Waals surface area contributed by atoms with Crippen molar-refractivity contribution in [1.82, 2.24) is 4.90 Å². The van der Waals surface area contributed by atoms with Crippen LogP contribution in [0, 0.1) is 11.7 Å². The van der Waals surface area contributed by atoms with Crippen molar-refractivity contribution in [3.8, 4) is 0 Å². The summed E-state index contributed by atoms with van der Waals surface area (Å²) in [6.07, 6.45) is 3.14. The molecule has 0 spiro atoms. The lowest BCUT2D eigenvalue weighted by Gasteiger charge is -2.18. The molecule has 2 N–H and O–H groups in total. The van der Waals surface area contributed by atoms with E-state index in [0.29, 0.717) is 19.0 Å². The van der Waals surface area contributed by atoms with E-state index in [1.165, 1.54) is 6.07 Å². The Morgan fingerprint density at radius 1 is 1.48 bits per heavy atom. The number of carboxylic acid groups (broad SMARTS) is 1. The summed E-state index contributed by atoms with van der Waals surface area (Å²) in [5.74, 6) is -1.41. The SMILES string of the molecule is CCCC1CCN(C(=O)Nc2ccc(F)cc2C(=O)O)C1. The molecule has 1 fully saturated rings. The second-order valence-corrected chi connectivity index (χ2v) is 5.31. The molecule has 1 aromatic carbocycles. The summed E-state index contributed by atoms with van der Waals surface area (Å²) in [6.45, 7) is 3.46. The van der Waals surface area contributed by atoms with Crippen LogP contribution in [-0.2, 0) is 0 Å². The lowest BCUT2D eigenvalue weighted by Crippen LogP contribution is -2.33. The largest absolute Gasteiger partial charge is 0.478 e. The molecule has 0 saturated carbocycles. The summed E-state index contributed by atoms with van der Waals surface area (Å²) >= 11 is 0. The minimum Gasteiger partial charge on any atom is -0.478 e. The van der Waals surface area contributed by atoms with E-state index in [0.717, 1.165) is 31.4 Å². The van der Waals surface area contributed by atoms with Crippen LogP contribution in [0.2, 0.25) is 0 Å². The number of hydrogen-bond acceptors (Lipinski definition) is 2. The molecule has 1 aliphatic heterocycles. The number of carbonyl (C=O) groups is 2. The summed E-state index contributed by atoms with van der Waals surface area (Å²) in [4.78, 5) is 24.9. The first-order valence-corrected chi connectivity index (χ1v) is 7.10. The molecule has 0 radical (unpaired) electrons. The number of rotatable bonds is 4. The molecule has 0 aliphatic carbocycles. The van der Waals surface area contributed by atoms with Gasteiger partial charge in [0.2, 0.25) is 0 Å². The monoisotopic (exact) mass is 294 g/mol. The van der Waals surface area contributed by atoms with Gasteiger partial charge in [-0.15, -0.1) is 0 Å². The van der Waals surface area contributed by atoms with Crippen LogP contribution in [0.15, 0.2) is 18.2 Å². The second kappa shape index (κ2) is 6.56. The van der Waals surface area contributed by atoms with Gasteiger partial charge in [0.25, 0.3) is 0 Å². The Kier molecular flexibility index (Phi) is 4.77. The molecule has 0 bridgehead atoms. The van der Waals surface area contributed by atoms with Crippen LogP contribution in [0.1, 0.15) is 36.5 Å². The lowest BCUT2D eigenvalue weighted by atomic mass is 10.0. The molecule has 21 heavy (non-hydrogen) atoms. The van der Waals surface area contributed by atoms with Crippen molar-refractivity contribution in [2.24, 2.45) is 5.92 Å². The van der Waals surface area contributed by atoms with E-state index in [1.807, 2.05) is 0 Å². The fourth-order valence-electron chi connectivity index (χ4n) is 2.66. The first-order chi connectivity index (χ1) is 10.0. The first-order valence-electron chi connectivity index (χ1n) is 7.10. The summed E-state index contributed by atoms with van der Waals surface area (Å²) in [5.41, 5.74) is -0.125. The molecule has 2 amide bonds. The number of anilines is 1. The van der Waals surface area contributed by atoms with Crippen molar-refractivity contribution in [1.29, 1.82) is 0 Å². The zero-order chi connectivity index (χ0) is 15.4. The van der Waals surface area contributed by atoms with Crippen molar-refractivity contribution in [2.45, 2.75) is 26.2 Å². The van der Waals surface area contributed by atoms with Gasteiger partial charge < -0.3 is 15.3 Å². The highest BCUT2D eigenvalue weighted by Gasteiger charge is 2.26. The molecule has 6 heteroatoms. The van der Waals surface area contributed by atoms with Gasteiger partial charge in [0.05, 0.1) is 11.3 Å². The number of amides is 2. The first kappa shape index (κ1) is 15.3. The van der Waals surface area contributed by atoms with Crippen LogP contribution >= 0.6 is 0 Å². The standard InChI is InChI=1S/C15H19FN2O3/c1-2-3-10-6-7-18(9-10)15(21)17-13-5-4-11(16)8-12(13)14(19)20/h4-5,8,10H,2-3,6-7,9H2,1H3,(H,17,21)(H,19,20). The summed E-state index contributed by atoms with van der Waals surface area (Å²) < 4.78 is 13.1. The number of urea groups is 1. The lowest BCUT2D eigenvalue weighted by molar-refractivity contribution is 0.0697. The summed E-state index contributed by atoms with van der Waals surface area (Å²) in [5, 5.41) is 11.6. The van der Waals surface area contributed by atoms with Gasteiger partial charge in [0.1, 0.15) is 5.82 Å². The van der Waals surface area contributed by atoms with Gasteiger partial charge >= 0.3 is 12.0 Å². The summed E-state index contributed by atoms with van der Waals surface area (Å²) in [7, 11) is 0. The Labute approximate surface area is 122 Å². The average Bonchev–Trinajstić information content (AvgIpc) is 2.89. The highest BCUT2D eigenvalue weighted by Crippen LogP contribution is 2.23. The smallest absolute Gasteiger partial charge is 0.337 e. The zero-order valence-corrected chi connectivity index (χ0v) is 11.9. The fraction of sp³-hybridized carbons (Fsp3) is 0.467. The van der Waals surface area contributed by atoms with Crippen LogP contribution in [0.5, 0.6) is 0 Å². The minimum atomic E-state index is -1.27. The van der Waals surface area contributed by atoms with E-state index in [1.54, 1.807) is 4.90 Å². The van der Waals surface area contributed by atoms with E-state index >= 15 is 0 Å². The predicted molar refractivity (Wildman–Crippen MR) is 77.0 cm³/mol. The van der Waals surface area contributed by atoms with Crippen LogP contribution in [0.3, 0.4) is 0 Å². The third-order valence-corrected chi connectivity index (χ3v) is 3.72. The Bertz CT molecular complexity index is 548. The van der Waals surface area contributed by atoms with Crippen LogP contribution in [-0.4, -0.2) is 35.1 Å². The third kappa shape index (κ3) is 3.71. The molecule has 1 unspecified atom stereocenters. The van der Waals surface area contributed by atoms with Crippen molar-refractivity contribution in [2.75, 3.05) is 18.4 Å². The van der Waals surface area contributed by atoms with E-state index in [9.17, 15) is 14.0 Å². The van der Waals surface area contributed by atoms with Crippen molar-refractivity contribution < 1.29 is 19.1 Å². The molecule has 1 heterocycles. The zero-order valence-electron chi connectivity index (χ0n) is 11.9. The molecule has 1 aromatic rings.